The number of nitrogens with zero attached hydrogens (tertiary/aromatic N) is 1. The van der Waals surface area contributed by atoms with Gasteiger partial charge < -0.3 is 20.1 Å². The summed E-state index contributed by atoms with van der Waals surface area (Å²) in [6.45, 7) is -0.341. The first-order valence-electron chi connectivity index (χ1n) is 6.18. The zero-order valence-electron chi connectivity index (χ0n) is 11.0. The van der Waals surface area contributed by atoms with Crippen LogP contribution in [0.5, 0.6) is 17.5 Å². The number of aromatic amines is 1. The molecule has 0 spiro atoms. The maximum Gasteiger partial charge on any atom is 0.408 e. The summed E-state index contributed by atoms with van der Waals surface area (Å²) in [5, 5.41) is 28.1. The van der Waals surface area contributed by atoms with Gasteiger partial charge >= 0.3 is 6.09 Å². The molecule has 2 rings (SSSR count). The van der Waals surface area contributed by atoms with Crippen molar-refractivity contribution in [2.45, 2.75) is 22.4 Å². The summed E-state index contributed by atoms with van der Waals surface area (Å²) < 4.78 is 3.78. The minimum Gasteiger partial charge on any atom is -0.494 e. The Kier molecular flexibility index (Phi) is 4.89. The Morgan fingerprint density at radius 1 is 1.45 bits per heavy atom. The van der Waals surface area contributed by atoms with Crippen LogP contribution in [0.25, 0.3) is 0 Å². The van der Waals surface area contributed by atoms with E-state index in [2.05, 4.69) is 4.98 Å². The molecule has 1 aliphatic rings. The van der Waals surface area contributed by atoms with Crippen LogP contribution in [0.3, 0.4) is 0 Å². The summed E-state index contributed by atoms with van der Waals surface area (Å²) in [5.74, 6) is -0.617. The highest BCUT2D eigenvalue weighted by molar-refractivity contribution is 6.67. The van der Waals surface area contributed by atoms with Crippen molar-refractivity contribution in [1.29, 1.82) is 0 Å². The van der Waals surface area contributed by atoms with E-state index in [0.717, 1.165) is 4.90 Å². The van der Waals surface area contributed by atoms with Crippen molar-refractivity contribution >= 4 is 40.9 Å². The van der Waals surface area contributed by atoms with E-state index in [4.69, 9.17) is 39.5 Å². The monoisotopic (exact) mass is 370 g/mol. The van der Waals surface area contributed by atoms with E-state index in [1.165, 1.54) is 6.07 Å². The van der Waals surface area contributed by atoms with Gasteiger partial charge in [-0.05, 0) is 0 Å². The minimum atomic E-state index is -1.77. The number of aromatic hydroxyl groups is 2. The van der Waals surface area contributed by atoms with Gasteiger partial charge in [0.1, 0.15) is 6.10 Å². The van der Waals surface area contributed by atoms with Gasteiger partial charge in [0.05, 0.1) is 12.6 Å². The van der Waals surface area contributed by atoms with Gasteiger partial charge in [0.2, 0.25) is 9.67 Å². The quantitative estimate of drug-likeness (QED) is 0.481. The Morgan fingerprint density at radius 3 is 2.64 bits per heavy atom. The standard InChI is InChI=1S/C12H13Cl3N2O5/c13-12(14,15)5-17(11(20)21)6-2-1-3-7(6)22-8-4-9(18)16-10(8)19/h1-2,4,6-7,16,18-19H,3,5H2,(H,20,21)/t6-,7+/m0/s1. The van der Waals surface area contributed by atoms with Crippen molar-refractivity contribution in [3.05, 3.63) is 18.2 Å². The normalized spacial score (nSPS) is 21.0. The number of halogens is 3. The molecule has 0 aromatic carbocycles. The zero-order valence-corrected chi connectivity index (χ0v) is 13.3. The summed E-state index contributed by atoms with van der Waals surface area (Å²) in [5.41, 5.74) is 0. The van der Waals surface area contributed by atoms with Crippen molar-refractivity contribution in [3.8, 4) is 17.5 Å². The van der Waals surface area contributed by atoms with Gasteiger partial charge in [-0.1, -0.05) is 47.0 Å². The predicted octanol–water partition coefficient (Wildman–Crippen LogP) is 2.85. The molecule has 7 nitrogen and oxygen atoms in total. The number of ether oxygens (including phenoxy) is 1. The SMILES string of the molecule is O=C(O)N(CC(Cl)(Cl)Cl)[C@H]1C=CC[C@H]1Oc1cc(O)[nH]c1O. The molecule has 1 aliphatic carbocycles. The highest BCUT2D eigenvalue weighted by Crippen LogP contribution is 2.34. The predicted molar refractivity (Wildman–Crippen MR) is 81.1 cm³/mol. The minimum absolute atomic E-state index is 0.00965. The van der Waals surface area contributed by atoms with E-state index in [-0.39, 0.29) is 24.1 Å². The molecule has 2 atom stereocenters. The molecule has 122 valence electrons. The molecule has 0 bridgehead atoms. The highest BCUT2D eigenvalue weighted by Gasteiger charge is 2.38. The molecule has 0 aliphatic heterocycles. The van der Waals surface area contributed by atoms with E-state index < -0.39 is 22.0 Å². The first-order valence-corrected chi connectivity index (χ1v) is 7.31. The summed E-state index contributed by atoms with van der Waals surface area (Å²) >= 11 is 17.0. The number of amides is 1. The molecular formula is C12H13Cl3N2O5. The molecule has 1 aromatic rings. The van der Waals surface area contributed by atoms with Crippen molar-refractivity contribution < 1.29 is 24.9 Å². The third-order valence-corrected chi connectivity index (χ3v) is 3.42. The number of nitrogens with one attached hydrogen (secondary N) is 1. The molecule has 22 heavy (non-hydrogen) atoms. The van der Waals surface area contributed by atoms with E-state index in [9.17, 15) is 20.1 Å². The largest absolute Gasteiger partial charge is 0.494 e. The van der Waals surface area contributed by atoms with Crippen molar-refractivity contribution in [1.82, 2.24) is 9.88 Å². The zero-order chi connectivity index (χ0) is 16.5. The van der Waals surface area contributed by atoms with Crippen LogP contribution in [0.4, 0.5) is 4.79 Å². The number of hydrogen-bond acceptors (Lipinski definition) is 4. The van der Waals surface area contributed by atoms with E-state index >= 15 is 0 Å². The maximum absolute atomic E-state index is 11.4. The third kappa shape index (κ3) is 4.06. The average molecular weight is 372 g/mol. The van der Waals surface area contributed by atoms with Gasteiger partial charge in [-0.3, -0.25) is 9.88 Å². The number of rotatable bonds is 4. The van der Waals surface area contributed by atoms with E-state index in [1.54, 1.807) is 12.2 Å². The molecule has 1 aromatic heterocycles. The maximum atomic E-state index is 11.4. The number of alkyl halides is 3. The third-order valence-electron chi connectivity index (χ3n) is 3.06. The lowest BCUT2D eigenvalue weighted by Gasteiger charge is -2.32. The average Bonchev–Trinajstić information content (AvgIpc) is 2.93. The molecule has 0 saturated heterocycles. The van der Waals surface area contributed by atoms with Crippen LogP contribution >= 0.6 is 34.8 Å². The fourth-order valence-electron chi connectivity index (χ4n) is 2.20. The van der Waals surface area contributed by atoms with Crippen molar-refractivity contribution in [3.63, 3.8) is 0 Å². The second-order valence-electron chi connectivity index (χ2n) is 4.70. The number of carbonyl (C=O) groups is 1. The Hall–Kier alpha value is -1.44. The van der Waals surface area contributed by atoms with Gasteiger partial charge in [-0.15, -0.1) is 0 Å². The molecule has 1 heterocycles. The summed E-state index contributed by atoms with van der Waals surface area (Å²) in [4.78, 5) is 14.6. The molecule has 4 N–H and O–H groups in total. The lowest BCUT2D eigenvalue weighted by Crippen LogP contribution is -2.48. The topological polar surface area (TPSA) is 106 Å². The van der Waals surface area contributed by atoms with Crippen LogP contribution in [0.15, 0.2) is 18.2 Å². The van der Waals surface area contributed by atoms with Crippen LogP contribution in [0.2, 0.25) is 0 Å². The van der Waals surface area contributed by atoms with Gasteiger partial charge in [0.15, 0.2) is 11.6 Å². The number of H-pyrrole nitrogens is 1. The van der Waals surface area contributed by atoms with Gasteiger partial charge in [0, 0.05) is 12.5 Å². The van der Waals surface area contributed by atoms with Crippen LogP contribution in [-0.2, 0) is 0 Å². The van der Waals surface area contributed by atoms with Crippen molar-refractivity contribution in [2.24, 2.45) is 0 Å². The lowest BCUT2D eigenvalue weighted by atomic mass is 10.2. The molecule has 0 fully saturated rings. The summed E-state index contributed by atoms with van der Waals surface area (Å²) in [6.07, 6.45) is 1.87. The van der Waals surface area contributed by atoms with Gasteiger partial charge in [-0.2, -0.15) is 0 Å². The van der Waals surface area contributed by atoms with Crippen LogP contribution in [0.1, 0.15) is 6.42 Å². The molecular weight excluding hydrogens is 359 g/mol. The summed E-state index contributed by atoms with van der Waals surface area (Å²) in [7, 11) is 0. The fraction of sp³-hybridized carbons (Fsp3) is 0.417. The molecule has 0 radical (unpaired) electrons. The lowest BCUT2D eigenvalue weighted by molar-refractivity contribution is 0.0874. The van der Waals surface area contributed by atoms with Gasteiger partial charge in [-0.25, -0.2) is 4.79 Å². The van der Waals surface area contributed by atoms with E-state index in [1.807, 2.05) is 0 Å². The molecule has 0 unspecified atom stereocenters. The summed E-state index contributed by atoms with van der Waals surface area (Å²) in [6, 6.07) is 0.495. The molecule has 10 heteroatoms. The second kappa shape index (κ2) is 6.36. The Morgan fingerprint density at radius 2 is 2.14 bits per heavy atom. The smallest absolute Gasteiger partial charge is 0.408 e. The van der Waals surface area contributed by atoms with Crippen molar-refractivity contribution in [2.75, 3.05) is 6.54 Å². The Balaban J connectivity index is 2.15. The van der Waals surface area contributed by atoms with Gasteiger partial charge in [0.25, 0.3) is 0 Å². The number of carboxylic acid groups (broad SMARTS) is 1. The number of aromatic nitrogens is 1. The molecule has 1 amide bonds. The Labute approximate surface area is 140 Å². The number of hydrogen-bond donors (Lipinski definition) is 4. The highest BCUT2D eigenvalue weighted by atomic mass is 35.6. The first kappa shape index (κ1) is 16.9. The van der Waals surface area contributed by atoms with E-state index in [0.29, 0.717) is 6.42 Å². The second-order valence-corrected chi connectivity index (χ2v) is 7.22. The van der Waals surface area contributed by atoms with Crippen LogP contribution in [0, 0.1) is 0 Å². The first-order chi connectivity index (χ1) is 10.2. The van der Waals surface area contributed by atoms with Crippen LogP contribution < -0.4 is 4.74 Å². The molecule has 0 saturated carbocycles. The fourth-order valence-corrected chi connectivity index (χ4v) is 2.58. The van der Waals surface area contributed by atoms with Crippen LogP contribution in [-0.4, -0.2) is 53.8 Å². The Bertz CT molecular complexity index is 584.